The number of benzene rings is 1. The SMILES string of the molecule is Fc1cc(Sc2ccccc2Cl)ccn1. The molecule has 0 amide bonds. The fourth-order valence-electron chi connectivity index (χ4n) is 1.10. The Hall–Kier alpha value is -1.06. The van der Waals surface area contributed by atoms with E-state index in [1.807, 2.05) is 18.2 Å². The summed E-state index contributed by atoms with van der Waals surface area (Å²) in [5.74, 6) is -0.480. The van der Waals surface area contributed by atoms with E-state index in [4.69, 9.17) is 11.6 Å². The van der Waals surface area contributed by atoms with Gasteiger partial charge in [-0.15, -0.1) is 0 Å². The molecule has 1 aromatic carbocycles. The molecule has 2 rings (SSSR count). The Bertz CT molecular complexity index is 476. The lowest BCUT2D eigenvalue weighted by Crippen LogP contribution is -1.81. The van der Waals surface area contributed by atoms with Crippen LogP contribution in [0.25, 0.3) is 0 Å². The van der Waals surface area contributed by atoms with Crippen molar-refractivity contribution in [3.63, 3.8) is 0 Å². The molecule has 4 heteroatoms. The normalized spacial score (nSPS) is 10.3. The summed E-state index contributed by atoms with van der Waals surface area (Å²) in [6, 6.07) is 10.6. The molecule has 0 unspecified atom stereocenters. The van der Waals surface area contributed by atoms with Crippen molar-refractivity contribution >= 4 is 23.4 Å². The molecule has 0 aliphatic carbocycles. The third-order valence-electron chi connectivity index (χ3n) is 1.76. The van der Waals surface area contributed by atoms with Crippen LogP contribution in [0.2, 0.25) is 5.02 Å². The molecule has 0 radical (unpaired) electrons. The van der Waals surface area contributed by atoms with Crippen molar-refractivity contribution in [1.29, 1.82) is 0 Å². The number of hydrogen-bond acceptors (Lipinski definition) is 2. The third kappa shape index (κ3) is 2.70. The van der Waals surface area contributed by atoms with Crippen LogP contribution < -0.4 is 0 Å². The molecule has 0 bridgehead atoms. The smallest absolute Gasteiger partial charge is 0.213 e. The van der Waals surface area contributed by atoms with Gasteiger partial charge in [-0.05, 0) is 18.2 Å². The van der Waals surface area contributed by atoms with Crippen molar-refractivity contribution < 1.29 is 4.39 Å². The van der Waals surface area contributed by atoms with E-state index in [1.165, 1.54) is 24.0 Å². The molecule has 0 saturated heterocycles. The number of pyridine rings is 1. The zero-order valence-electron chi connectivity index (χ0n) is 7.65. The van der Waals surface area contributed by atoms with Crippen molar-refractivity contribution in [3.05, 3.63) is 53.6 Å². The molecule has 0 N–H and O–H groups in total. The van der Waals surface area contributed by atoms with Gasteiger partial charge in [0, 0.05) is 22.1 Å². The summed E-state index contributed by atoms with van der Waals surface area (Å²) in [5.41, 5.74) is 0. The van der Waals surface area contributed by atoms with E-state index in [1.54, 1.807) is 12.1 Å². The largest absolute Gasteiger partial charge is 0.228 e. The van der Waals surface area contributed by atoms with Gasteiger partial charge in [0.15, 0.2) is 0 Å². The lowest BCUT2D eigenvalue weighted by molar-refractivity contribution is 0.579. The lowest BCUT2D eigenvalue weighted by atomic mass is 10.4. The number of halogens is 2. The van der Waals surface area contributed by atoms with Gasteiger partial charge in [-0.3, -0.25) is 0 Å². The van der Waals surface area contributed by atoms with Gasteiger partial charge in [-0.25, -0.2) is 4.98 Å². The van der Waals surface area contributed by atoms with Crippen LogP contribution in [-0.2, 0) is 0 Å². The van der Waals surface area contributed by atoms with Crippen molar-refractivity contribution in [2.45, 2.75) is 9.79 Å². The minimum atomic E-state index is -0.480. The Balaban J connectivity index is 2.26. The van der Waals surface area contributed by atoms with Crippen LogP contribution in [-0.4, -0.2) is 4.98 Å². The van der Waals surface area contributed by atoms with E-state index in [9.17, 15) is 4.39 Å². The van der Waals surface area contributed by atoms with Gasteiger partial charge in [0.05, 0.1) is 5.02 Å². The molecule has 0 fully saturated rings. The fraction of sp³-hybridized carbons (Fsp3) is 0. The quantitative estimate of drug-likeness (QED) is 0.734. The van der Waals surface area contributed by atoms with Gasteiger partial charge in [0.2, 0.25) is 5.95 Å². The fourth-order valence-corrected chi connectivity index (χ4v) is 2.21. The van der Waals surface area contributed by atoms with Crippen LogP contribution in [0, 0.1) is 5.95 Å². The Kier molecular flexibility index (Phi) is 3.23. The van der Waals surface area contributed by atoms with Crippen LogP contribution in [0.1, 0.15) is 0 Å². The second-order valence-corrected chi connectivity index (χ2v) is 4.37. The highest BCUT2D eigenvalue weighted by molar-refractivity contribution is 7.99. The van der Waals surface area contributed by atoms with Gasteiger partial charge >= 0.3 is 0 Å². The predicted molar refractivity (Wildman–Crippen MR) is 59.8 cm³/mol. The zero-order valence-corrected chi connectivity index (χ0v) is 9.23. The average molecular weight is 240 g/mol. The summed E-state index contributed by atoms with van der Waals surface area (Å²) < 4.78 is 12.8. The van der Waals surface area contributed by atoms with Crippen molar-refractivity contribution in [2.75, 3.05) is 0 Å². The molecule has 1 aromatic heterocycles. The molecule has 76 valence electrons. The highest BCUT2D eigenvalue weighted by atomic mass is 35.5. The Morgan fingerprint density at radius 3 is 2.73 bits per heavy atom. The lowest BCUT2D eigenvalue weighted by Gasteiger charge is -2.02. The summed E-state index contributed by atoms with van der Waals surface area (Å²) in [5, 5.41) is 0.666. The first-order valence-corrected chi connectivity index (χ1v) is 5.49. The molecular formula is C11H7ClFNS. The van der Waals surface area contributed by atoms with Crippen LogP contribution >= 0.6 is 23.4 Å². The van der Waals surface area contributed by atoms with Crippen LogP contribution in [0.3, 0.4) is 0 Å². The first kappa shape index (κ1) is 10.5. The van der Waals surface area contributed by atoms with E-state index in [0.29, 0.717) is 5.02 Å². The molecular weight excluding hydrogens is 233 g/mol. The van der Waals surface area contributed by atoms with Crippen molar-refractivity contribution in [2.24, 2.45) is 0 Å². The summed E-state index contributed by atoms with van der Waals surface area (Å²) in [6.45, 7) is 0. The Labute approximate surface area is 96.3 Å². The molecule has 0 aliphatic rings. The maximum Gasteiger partial charge on any atom is 0.213 e. The summed E-state index contributed by atoms with van der Waals surface area (Å²) in [4.78, 5) is 5.19. The van der Waals surface area contributed by atoms with Crippen molar-refractivity contribution in [3.8, 4) is 0 Å². The van der Waals surface area contributed by atoms with E-state index in [0.717, 1.165) is 9.79 Å². The maximum atomic E-state index is 12.8. The topological polar surface area (TPSA) is 12.9 Å². The maximum absolute atomic E-state index is 12.8. The first-order valence-electron chi connectivity index (χ1n) is 4.29. The molecule has 0 saturated carbocycles. The first-order chi connectivity index (χ1) is 7.25. The summed E-state index contributed by atoms with van der Waals surface area (Å²) in [6.07, 6.45) is 1.44. The van der Waals surface area contributed by atoms with Gasteiger partial charge < -0.3 is 0 Å². The molecule has 1 heterocycles. The van der Waals surface area contributed by atoms with Crippen LogP contribution in [0.15, 0.2) is 52.4 Å². The molecule has 0 spiro atoms. The summed E-state index contributed by atoms with van der Waals surface area (Å²) in [7, 11) is 0. The third-order valence-corrected chi connectivity index (χ3v) is 3.27. The molecule has 0 atom stereocenters. The highest BCUT2D eigenvalue weighted by Gasteiger charge is 2.02. The average Bonchev–Trinajstić information content (AvgIpc) is 2.22. The Morgan fingerprint density at radius 2 is 2.00 bits per heavy atom. The van der Waals surface area contributed by atoms with E-state index < -0.39 is 5.95 Å². The molecule has 1 nitrogen and oxygen atoms in total. The minimum Gasteiger partial charge on any atom is -0.228 e. The standard InChI is InChI=1S/C11H7ClFNS/c12-9-3-1-2-4-10(9)15-8-5-6-14-11(13)7-8/h1-7H. The number of rotatable bonds is 2. The minimum absolute atomic E-state index is 0.480. The van der Waals surface area contributed by atoms with Crippen LogP contribution in [0.4, 0.5) is 4.39 Å². The second kappa shape index (κ2) is 4.64. The number of aromatic nitrogens is 1. The van der Waals surface area contributed by atoms with E-state index in [-0.39, 0.29) is 0 Å². The highest BCUT2D eigenvalue weighted by Crippen LogP contribution is 2.32. The van der Waals surface area contributed by atoms with E-state index >= 15 is 0 Å². The van der Waals surface area contributed by atoms with Crippen LogP contribution in [0.5, 0.6) is 0 Å². The zero-order chi connectivity index (χ0) is 10.7. The Morgan fingerprint density at radius 1 is 1.20 bits per heavy atom. The van der Waals surface area contributed by atoms with Gasteiger partial charge in [-0.1, -0.05) is 35.5 Å². The van der Waals surface area contributed by atoms with E-state index in [2.05, 4.69) is 4.98 Å². The predicted octanol–water partition coefficient (Wildman–Crippen LogP) is 4.03. The van der Waals surface area contributed by atoms with Gasteiger partial charge in [-0.2, -0.15) is 4.39 Å². The monoisotopic (exact) mass is 239 g/mol. The number of hydrogen-bond donors (Lipinski definition) is 0. The second-order valence-electron chi connectivity index (χ2n) is 2.85. The number of nitrogens with zero attached hydrogens (tertiary/aromatic N) is 1. The molecule has 15 heavy (non-hydrogen) atoms. The van der Waals surface area contributed by atoms with Gasteiger partial charge in [0.1, 0.15) is 0 Å². The molecule has 0 aliphatic heterocycles. The van der Waals surface area contributed by atoms with Crippen molar-refractivity contribution in [1.82, 2.24) is 4.98 Å². The molecule has 2 aromatic rings. The summed E-state index contributed by atoms with van der Waals surface area (Å²) >= 11 is 7.40. The van der Waals surface area contributed by atoms with Gasteiger partial charge in [0.25, 0.3) is 0 Å².